The molecule has 1 atom stereocenters. The van der Waals surface area contributed by atoms with Crippen molar-refractivity contribution >= 4 is 17.7 Å². The van der Waals surface area contributed by atoms with E-state index in [4.69, 9.17) is 9.47 Å². The molecule has 1 amide bonds. The van der Waals surface area contributed by atoms with Gasteiger partial charge in [0.1, 0.15) is 5.75 Å². The predicted octanol–water partition coefficient (Wildman–Crippen LogP) is 1.01. The van der Waals surface area contributed by atoms with Crippen molar-refractivity contribution in [1.29, 1.82) is 0 Å². The largest absolute Gasteiger partial charge is 0.497 e. The highest BCUT2D eigenvalue weighted by molar-refractivity contribution is 8.00. The average molecular weight is 297 g/mol. The lowest BCUT2D eigenvalue weighted by molar-refractivity contribution is -0.129. The summed E-state index contributed by atoms with van der Waals surface area (Å²) in [6.07, 6.45) is -0.594. The predicted molar refractivity (Wildman–Crippen MR) is 77.1 cm³/mol. The van der Waals surface area contributed by atoms with Crippen LogP contribution in [-0.4, -0.2) is 61.2 Å². The van der Waals surface area contributed by atoms with Crippen LogP contribution < -0.4 is 4.74 Å². The van der Waals surface area contributed by atoms with Crippen molar-refractivity contribution in [1.82, 2.24) is 4.90 Å². The van der Waals surface area contributed by atoms with Crippen molar-refractivity contribution in [3.63, 3.8) is 0 Å². The average Bonchev–Trinajstić information content (AvgIpc) is 2.69. The summed E-state index contributed by atoms with van der Waals surface area (Å²) >= 11 is 1.47. The van der Waals surface area contributed by atoms with Gasteiger partial charge in [0.05, 0.1) is 32.2 Å². The van der Waals surface area contributed by atoms with E-state index in [0.717, 1.165) is 10.6 Å². The van der Waals surface area contributed by atoms with Gasteiger partial charge < -0.3 is 19.5 Å². The van der Waals surface area contributed by atoms with E-state index in [-0.39, 0.29) is 5.91 Å². The van der Waals surface area contributed by atoms with Crippen molar-refractivity contribution in [3.8, 4) is 5.75 Å². The standard InChI is InChI=1S/C14H19NO4S/c1-18-12-3-2-4-13(7-12)20-10-14(17)15-5-6-19-9-11(16)8-15/h2-4,7,11,16H,5-6,8-10H2,1H3. The number of amides is 1. The van der Waals surface area contributed by atoms with Crippen LogP contribution in [0.15, 0.2) is 29.2 Å². The molecular formula is C14H19NO4S. The molecule has 1 fully saturated rings. The third kappa shape index (κ3) is 4.40. The molecule has 2 rings (SSSR count). The maximum Gasteiger partial charge on any atom is 0.233 e. The molecule has 0 radical (unpaired) electrons. The number of nitrogens with zero attached hydrogens (tertiary/aromatic N) is 1. The van der Waals surface area contributed by atoms with E-state index in [1.54, 1.807) is 12.0 Å². The van der Waals surface area contributed by atoms with Gasteiger partial charge in [0.25, 0.3) is 0 Å². The number of thioether (sulfide) groups is 1. The number of carbonyl (C=O) groups excluding carboxylic acids is 1. The van der Waals surface area contributed by atoms with E-state index in [1.807, 2.05) is 24.3 Å². The Morgan fingerprint density at radius 1 is 1.60 bits per heavy atom. The summed E-state index contributed by atoms with van der Waals surface area (Å²) < 4.78 is 10.4. The van der Waals surface area contributed by atoms with Crippen molar-refractivity contribution in [2.75, 3.05) is 39.2 Å². The minimum Gasteiger partial charge on any atom is -0.497 e. The molecule has 0 bridgehead atoms. The Morgan fingerprint density at radius 2 is 2.45 bits per heavy atom. The van der Waals surface area contributed by atoms with Crippen LogP contribution in [0.3, 0.4) is 0 Å². The van der Waals surface area contributed by atoms with Crippen LogP contribution in [0.4, 0.5) is 0 Å². The summed E-state index contributed by atoms with van der Waals surface area (Å²) in [5.74, 6) is 1.14. The van der Waals surface area contributed by atoms with E-state index < -0.39 is 6.10 Å². The number of hydrogen-bond donors (Lipinski definition) is 1. The van der Waals surface area contributed by atoms with Gasteiger partial charge in [-0.15, -0.1) is 11.8 Å². The van der Waals surface area contributed by atoms with Crippen LogP contribution in [0, 0.1) is 0 Å². The zero-order chi connectivity index (χ0) is 14.4. The van der Waals surface area contributed by atoms with Gasteiger partial charge in [-0.2, -0.15) is 0 Å². The van der Waals surface area contributed by atoms with E-state index in [1.165, 1.54) is 11.8 Å². The lowest BCUT2D eigenvalue weighted by Crippen LogP contribution is -2.38. The molecule has 0 saturated carbocycles. The van der Waals surface area contributed by atoms with Gasteiger partial charge in [-0.1, -0.05) is 6.07 Å². The monoisotopic (exact) mass is 297 g/mol. The van der Waals surface area contributed by atoms with Crippen LogP contribution in [0.2, 0.25) is 0 Å². The highest BCUT2D eigenvalue weighted by atomic mass is 32.2. The molecule has 1 heterocycles. The minimum absolute atomic E-state index is 0.0161. The molecule has 1 saturated heterocycles. The molecule has 0 aromatic heterocycles. The molecule has 1 aromatic rings. The fourth-order valence-electron chi connectivity index (χ4n) is 1.95. The van der Waals surface area contributed by atoms with Gasteiger partial charge in [-0.05, 0) is 18.2 Å². The molecule has 1 N–H and O–H groups in total. The number of aliphatic hydroxyl groups excluding tert-OH is 1. The Balaban J connectivity index is 1.87. The second-order valence-corrected chi connectivity index (χ2v) is 5.58. The topological polar surface area (TPSA) is 59.0 Å². The zero-order valence-electron chi connectivity index (χ0n) is 11.4. The summed E-state index contributed by atoms with van der Waals surface area (Å²) in [4.78, 5) is 14.8. The Hall–Kier alpha value is -1.24. The number of β-amino-alcohol motifs (C(OH)–C–C–N with tert-alkyl or cyclic N) is 1. The molecule has 110 valence electrons. The Morgan fingerprint density at radius 3 is 3.25 bits per heavy atom. The van der Waals surface area contributed by atoms with Crippen LogP contribution in [-0.2, 0) is 9.53 Å². The molecule has 6 heteroatoms. The van der Waals surface area contributed by atoms with Gasteiger partial charge in [0.15, 0.2) is 0 Å². The van der Waals surface area contributed by atoms with Crippen molar-refractivity contribution in [2.45, 2.75) is 11.0 Å². The van der Waals surface area contributed by atoms with Gasteiger partial charge in [-0.3, -0.25) is 4.79 Å². The normalized spacial score (nSPS) is 19.5. The quantitative estimate of drug-likeness (QED) is 0.841. The highest BCUT2D eigenvalue weighted by Gasteiger charge is 2.20. The Kier molecular flexibility index (Phi) is 5.70. The first-order valence-electron chi connectivity index (χ1n) is 6.49. The third-order valence-corrected chi connectivity index (χ3v) is 3.98. The summed E-state index contributed by atoms with van der Waals surface area (Å²) in [6.45, 7) is 1.66. The molecule has 20 heavy (non-hydrogen) atoms. The van der Waals surface area contributed by atoms with Crippen molar-refractivity contribution in [3.05, 3.63) is 24.3 Å². The van der Waals surface area contributed by atoms with E-state index in [2.05, 4.69) is 0 Å². The Bertz CT molecular complexity index is 455. The van der Waals surface area contributed by atoms with Crippen molar-refractivity contribution in [2.24, 2.45) is 0 Å². The van der Waals surface area contributed by atoms with E-state index in [9.17, 15) is 9.90 Å². The zero-order valence-corrected chi connectivity index (χ0v) is 12.3. The van der Waals surface area contributed by atoms with Gasteiger partial charge in [0.2, 0.25) is 5.91 Å². The van der Waals surface area contributed by atoms with Gasteiger partial charge >= 0.3 is 0 Å². The summed E-state index contributed by atoms with van der Waals surface area (Å²) in [5, 5.41) is 9.62. The first-order valence-corrected chi connectivity index (χ1v) is 7.48. The number of rotatable bonds is 4. The summed E-state index contributed by atoms with van der Waals surface area (Å²) in [6, 6.07) is 7.61. The molecule has 1 unspecified atom stereocenters. The highest BCUT2D eigenvalue weighted by Crippen LogP contribution is 2.23. The number of benzene rings is 1. The molecule has 5 nitrogen and oxygen atoms in total. The maximum atomic E-state index is 12.1. The molecule has 1 aliphatic rings. The SMILES string of the molecule is COc1cccc(SCC(=O)N2CCOCC(O)C2)c1. The van der Waals surface area contributed by atoms with Crippen molar-refractivity contribution < 1.29 is 19.4 Å². The second kappa shape index (κ2) is 7.52. The smallest absolute Gasteiger partial charge is 0.233 e. The first kappa shape index (κ1) is 15.2. The minimum atomic E-state index is -0.594. The fraction of sp³-hybridized carbons (Fsp3) is 0.500. The number of methoxy groups -OCH3 is 1. The first-order chi connectivity index (χ1) is 9.69. The lowest BCUT2D eigenvalue weighted by Gasteiger charge is -2.21. The van der Waals surface area contributed by atoms with E-state index >= 15 is 0 Å². The lowest BCUT2D eigenvalue weighted by atomic mass is 10.3. The number of aliphatic hydroxyl groups is 1. The van der Waals surface area contributed by atoms with E-state index in [0.29, 0.717) is 32.1 Å². The maximum absolute atomic E-state index is 12.1. The van der Waals surface area contributed by atoms with Crippen LogP contribution in [0.1, 0.15) is 0 Å². The number of carbonyl (C=O) groups is 1. The summed E-state index contributed by atoms with van der Waals surface area (Å²) in [7, 11) is 1.62. The number of ether oxygens (including phenoxy) is 2. The number of hydrogen-bond acceptors (Lipinski definition) is 5. The summed E-state index contributed by atoms with van der Waals surface area (Å²) in [5.41, 5.74) is 0. The Labute approximate surface area is 122 Å². The van der Waals surface area contributed by atoms with Crippen LogP contribution in [0.5, 0.6) is 5.75 Å². The fourth-order valence-corrected chi connectivity index (χ4v) is 2.79. The van der Waals surface area contributed by atoms with Crippen LogP contribution >= 0.6 is 11.8 Å². The van der Waals surface area contributed by atoms with Crippen LogP contribution in [0.25, 0.3) is 0 Å². The molecule has 1 aromatic carbocycles. The molecule has 1 aliphatic heterocycles. The molecule has 0 aliphatic carbocycles. The molecule has 0 spiro atoms. The third-order valence-electron chi connectivity index (χ3n) is 3.00. The van der Waals surface area contributed by atoms with Gasteiger partial charge in [0, 0.05) is 18.0 Å². The second-order valence-electron chi connectivity index (χ2n) is 4.54. The molecular weight excluding hydrogens is 278 g/mol. The van der Waals surface area contributed by atoms with Gasteiger partial charge in [-0.25, -0.2) is 0 Å².